The fraction of sp³-hybridized carbons (Fsp3) is 0.917. The molecule has 1 rings (SSSR count). The van der Waals surface area contributed by atoms with E-state index < -0.39 is 0 Å². The first-order valence-electron chi connectivity index (χ1n) is 5.72. The van der Waals surface area contributed by atoms with Crippen LogP contribution in [0.3, 0.4) is 0 Å². The van der Waals surface area contributed by atoms with E-state index in [2.05, 4.69) is 0 Å². The first-order chi connectivity index (χ1) is 6.83. The molecular formula is C12H25NO. The summed E-state index contributed by atoms with van der Waals surface area (Å²) in [6.07, 6.45) is 9.00. The summed E-state index contributed by atoms with van der Waals surface area (Å²) in [7, 11) is 0. The van der Waals surface area contributed by atoms with Gasteiger partial charge in [0.2, 0.25) is 0 Å². The Bertz CT molecular complexity index is 100. The Morgan fingerprint density at radius 2 is 1.14 bits per heavy atom. The third kappa shape index (κ3) is 22.5. The molecule has 0 N–H and O–H groups in total. The number of hydrogen-bond donors (Lipinski definition) is 0. The van der Waals surface area contributed by atoms with Crippen LogP contribution in [0.5, 0.6) is 0 Å². The molecule has 2 nitrogen and oxygen atoms in total. The molecule has 0 radical (unpaired) electrons. The van der Waals surface area contributed by atoms with Gasteiger partial charge < -0.3 is 4.74 Å². The van der Waals surface area contributed by atoms with Crippen molar-refractivity contribution >= 4 is 0 Å². The summed E-state index contributed by atoms with van der Waals surface area (Å²) < 4.78 is 4.83. The number of rotatable bonds is 2. The number of hydrogen-bond acceptors (Lipinski definition) is 2. The highest BCUT2D eigenvalue weighted by Gasteiger charge is 1.95. The smallest absolute Gasteiger partial charge is 0.0587 e. The summed E-state index contributed by atoms with van der Waals surface area (Å²) in [5.41, 5.74) is 0. The van der Waals surface area contributed by atoms with E-state index >= 15 is 0 Å². The average molecular weight is 199 g/mol. The third-order valence-corrected chi connectivity index (χ3v) is 1.91. The predicted molar refractivity (Wildman–Crippen MR) is 61.2 cm³/mol. The minimum atomic E-state index is 0.844. The van der Waals surface area contributed by atoms with Gasteiger partial charge in [0.15, 0.2) is 0 Å². The molecule has 0 bridgehead atoms. The standard InChI is InChI=1S/C6H12.C4H10O.C2H3N/c1-2-4-6-5-3-1;1-3-5-4-2;1-2-3/h1-6H2;3-4H2,1-2H3;1H3. The topological polar surface area (TPSA) is 33.0 Å². The van der Waals surface area contributed by atoms with Gasteiger partial charge in [0.05, 0.1) is 6.07 Å². The van der Waals surface area contributed by atoms with Gasteiger partial charge in [-0.05, 0) is 13.8 Å². The average Bonchev–Trinajstić information content (AvgIpc) is 2.24. The molecule has 0 atom stereocenters. The van der Waals surface area contributed by atoms with E-state index in [4.69, 9.17) is 10.00 Å². The zero-order valence-corrected chi connectivity index (χ0v) is 10.0. The predicted octanol–water partition coefficient (Wildman–Crippen LogP) is 3.91. The van der Waals surface area contributed by atoms with Crippen LogP contribution in [0.4, 0.5) is 0 Å². The molecule has 0 aromatic carbocycles. The Hall–Kier alpha value is -0.550. The molecule has 0 amide bonds. The number of nitriles is 1. The first-order valence-corrected chi connectivity index (χ1v) is 5.72. The molecule has 0 saturated heterocycles. The molecule has 1 fully saturated rings. The lowest BCUT2D eigenvalue weighted by Gasteiger charge is -2.05. The summed E-state index contributed by atoms with van der Waals surface area (Å²) >= 11 is 0. The molecule has 2 heteroatoms. The minimum absolute atomic E-state index is 0.844. The fourth-order valence-electron chi connectivity index (χ4n) is 1.26. The van der Waals surface area contributed by atoms with Gasteiger partial charge in [-0.15, -0.1) is 0 Å². The van der Waals surface area contributed by atoms with Gasteiger partial charge in [-0.25, -0.2) is 0 Å². The molecule has 1 aliphatic rings. The normalized spacial score (nSPS) is 13.9. The van der Waals surface area contributed by atoms with Gasteiger partial charge in [0.25, 0.3) is 0 Å². The summed E-state index contributed by atoms with van der Waals surface area (Å²) in [4.78, 5) is 0. The Kier molecular flexibility index (Phi) is 20.8. The second kappa shape index (κ2) is 18.3. The third-order valence-electron chi connectivity index (χ3n) is 1.91. The van der Waals surface area contributed by atoms with Crippen molar-refractivity contribution in [1.29, 1.82) is 5.26 Å². The van der Waals surface area contributed by atoms with Crippen LogP contribution in [0.1, 0.15) is 59.3 Å². The van der Waals surface area contributed by atoms with E-state index in [1.165, 1.54) is 45.4 Å². The summed E-state index contributed by atoms with van der Waals surface area (Å²) in [5, 5.41) is 7.32. The quantitative estimate of drug-likeness (QED) is 0.675. The van der Waals surface area contributed by atoms with Crippen LogP contribution in [0.25, 0.3) is 0 Å². The van der Waals surface area contributed by atoms with Crippen molar-refractivity contribution < 1.29 is 4.74 Å². The van der Waals surface area contributed by atoms with Crippen LogP contribution in [0.15, 0.2) is 0 Å². The first kappa shape index (κ1) is 15.9. The zero-order chi connectivity index (χ0) is 11.1. The van der Waals surface area contributed by atoms with Crippen molar-refractivity contribution in [2.75, 3.05) is 13.2 Å². The van der Waals surface area contributed by atoms with Crippen molar-refractivity contribution in [3.05, 3.63) is 0 Å². The maximum absolute atomic E-state index is 7.32. The van der Waals surface area contributed by atoms with E-state index in [-0.39, 0.29) is 0 Å². The maximum atomic E-state index is 7.32. The van der Waals surface area contributed by atoms with Crippen LogP contribution >= 0.6 is 0 Å². The van der Waals surface area contributed by atoms with Gasteiger partial charge >= 0.3 is 0 Å². The number of ether oxygens (including phenoxy) is 1. The van der Waals surface area contributed by atoms with Crippen molar-refractivity contribution in [1.82, 2.24) is 0 Å². The van der Waals surface area contributed by atoms with E-state index in [0.717, 1.165) is 13.2 Å². The molecule has 0 unspecified atom stereocenters. The molecule has 0 aromatic heterocycles. The summed E-state index contributed by atoms with van der Waals surface area (Å²) in [6, 6.07) is 1.75. The van der Waals surface area contributed by atoms with Crippen molar-refractivity contribution in [3.8, 4) is 6.07 Å². The molecule has 0 aliphatic heterocycles. The Balaban J connectivity index is 0. The molecule has 1 aliphatic carbocycles. The highest BCUT2D eigenvalue weighted by Crippen LogP contribution is 2.15. The SMILES string of the molecule is C1CCCCC1.CC#N.CCOCC. The lowest BCUT2D eigenvalue weighted by atomic mass is 10.0. The van der Waals surface area contributed by atoms with Crippen LogP contribution < -0.4 is 0 Å². The van der Waals surface area contributed by atoms with Crippen LogP contribution in [-0.2, 0) is 4.74 Å². The largest absolute Gasteiger partial charge is 0.382 e. The van der Waals surface area contributed by atoms with Gasteiger partial charge in [-0.2, -0.15) is 5.26 Å². The molecule has 0 spiro atoms. The molecule has 14 heavy (non-hydrogen) atoms. The Labute approximate surface area is 89.3 Å². The van der Waals surface area contributed by atoms with E-state index in [0.29, 0.717) is 0 Å². The molecule has 0 heterocycles. The van der Waals surface area contributed by atoms with Crippen molar-refractivity contribution in [2.45, 2.75) is 59.3 Å². The Morgan fingerprint density at radius 3 is 1.21 bits per heavy atom. The molecule has 0 aromatic rings. The fourth-order valence-corrected chi connectivity index (χ4v) is 1.26. The van der Waals surface area contributed by atoms with Crippen LogP contribution in [0.2, 0.25) is 0 Å². The lowest BCUT2D eigenvalue weighted by Crippen LogP contribution is -1.85. The van der Waals surface area contributed by atoms with Gasteiger partial charge in [0.1, 0.15) is 0 Å². The molecule has 84 valence electrons. The lowest BCUT2D eigenvalue weighted by molar-refractivity contribution is 0.162. The molecule has 1 saturated carbocycles. The van der Waals surface area contributed by atoms with Gasteiger partial charge in [-0.1, -0.05) is 38.5 Å². The summed E-state index contributed by atoms with van der Waals surface area (Å²) in [5.74, 6) is 0. The maximum Gasteiger partial charge on any atom is 0.0587 e. The van der Waals surface area contributed by atoms with Crippen LogP contribution in [-0.4, -0.2) is 13.2 Å². The minimum Gasteiger partial charge on any atom is -0.382 e. The van der Waals surface area contributed by atoms with Crippen molar-refractivity contribution in [3.63, 3.8) is 0 Å². The highest BCUT2D eigenvalue weighted by atomic mass is 16.5. The summed E-state index contributed by atoms with van der Waals surface area (Å²) in [6.45, 7) is 7.10. The van der Waals surface area contributed by atoms with E-state index in [9.17, 15) is 0 Å². The monoisotopic (exact) mass is 199 g/mol. The highest BCUT2D eigenvalue weighted by molar-refractivity contribution is 4.51. The van der Waals surface area contributed by atoms with Gasteiger partial charge in [-0.3, -0.25) is 0 Å². The second-order valence-electron chi connectivity index (χ2n) is 3.13. The zero-order valence-electron chi connectivity index (χ0n) is 10.0. The Morgan fingerprint density at radius 1 is 0.929 bits per heavy atom. The van der Waals surface area contributed by atoms with Crippen LogP contribution in [0, 0.1) is 11.3 Å². The van der Waals surface area contributed by atoms with E-state index in [1.54, 1.807) is 6.07 Å². The molecular weight excluding hydrogens is 174 g/mol. The van der Waals surface area contributed by atoms with Crippen molar-refractivity contribution in [2.24, 2.45) is 0 Å². The van der Waals surface area contributed by atoms with Gasteiger partial charge in [0, 0.05) is 20.1 Å². The second-order valence-corrected chi connectivity index (χ2v) is 3.13. The van der Waals surface area contributed by atoms with E-state index in [1.807, 2.05) is 13.8 Å². The number of nitrogens with zero attached hydrogens (tertiary/aromatic N) is 1.